The monoisotopic (exact) mass is 399 g/mol. The van der Waals surface area contributed by atoms with Crippen molar-refractivity contribution in [2.24, 2.45) is 0 Å². The number of nitrogens with one attached hydrogen (secondary N) is 3. The van der Waals surface area contributed by atoms with Crippen molar-refractivity contribution >= 4 is 34.8 Å². The predicted molar refractivity (Wildman–Crippen MR) is 115 cm³/mol. The Labute approximate surface area is 170 Å². The van der Waals surface area contributed by atoms with Crippen molar-refractivity contribution in [2.45, 2.75) is 19.8 Å². The zero-order valence-electron chi connectivity index (χ0n) is 16.2. The van der Waals surface area contributed by atoms with Crippen LogP contribution in [0.25, 0.3) is 0 Å². The third-order valence-electron chi connectivity index (χ3n) is 4.04. The first-order chi connectivity index (χ1) is 13.4. The molecule has 2 aromatic rings. The topological polar surface area (TPSA) is 79.5 Å². The molecule has 0 heterocycles. The Balaban J connectivity index is 1.94. The van der Waals surface area contributed by atoms with Gasteiger partial charge in [-0.1, -0.05) is 32.0 Å². The standard InChI is InChI=1S/C21H25N3O3S/c1-14(2)15-7-9-16(10-8-15)20(26)24-21(28)23-18-6-4-5-17(13-18)19(25)22-11-12-27-3/h4-10,13-14H,11-12H2,1-3H3,(H,22,25)(H2,23,24,26,28). The van der Waals surface area contributed by atoms with Gasteiger partial charge in [-0.3, -0.25) is 14.9 Å². The van der Waals surface area contributed by atoms with Crippen LogP contribution < -0.4 is 16.0 Å². The molecule has 0 aromatic heterocycles. The highest BCUT2D eigenvalue weighted by molar-refractivity contribution is 7.80. The highest BCUT2D eigenvalue weighted by Gasteiger charge is 2.10. The Morgan fingerprint density at radius 1 is 1.04 bits per heavy atom. The molecule has 0 saturated carbocycles. The van der Waals surface area contributed by atoms with Crippen molar-refractivity contribution in [1.82, 2.24) is 10.6 Å². The number of anilines is 1. The van der Waals surface area contributed by atoms with Crippen molar-refractivity contribution in [3.8, 4) is 0 Å². The molecule has 0 fully saturated rings. The first kappa shape index (κ1) is 21.5. The molecule has 0 unspecified atom stereocenters. The molecule has 0 spiro atoms. The zero-order chi connectivity index (χ0) is 20.5. The van der Waals surface area contributed by atoms with Gasteiger partial charge in [-0.25, -0.2) is 0 Å². The van der Waals surface area contributed by atoms with Crippen LogP contribution >= 0.6 is 12.2 Å². The number of methoxy groups -OCH3 is 1. The Morgan fingerprint density at radius 3 is 2.39 bits per heavy atom. The minimum absolute atomic E-state index is 0.162. The summed E-state index contributed by atoms with van der Waals surface area (Å²) in [4.78, 5) is 24.4. The van der Waals surface area contributed by atoms with Crippen LogP contribution in [-0.2, 0) is 4.74 Å². The summed E-state index contributed by atoms with van der Waals surface area (Å²) in [6, 6.07) is 14.3. The van der Waals surface area contributed by atoms with E-state index in [0.29, 0.717) is 35.9 Å². The van der Waals surface area contributed by atoms with E-state index in [2.05, 4.69) is 29.8 Å². The molecule has 2 rings (SSSR count). The van der Waals surface area contributed by atoms with Crippen LogP contribution in [0.2, 0.25) is 0 Å². The van der Waals surface area contributed by atoms with Gasteiger partial charge in [0.1, 0.15) is 0 Å². The van der Waals surface area contributed by atoms with Gasteiger partial charge in [-0.2, -0.15) is 0 Å². The summed E-state index contributed by atoms with van der Waals surface area (Å²) in [5, 5.41) is 8.49. The number of hydrogen-bond donors (Lipinski definition) is 3. The van der Waals surface area contributed by atoms with Crippen molar-refractivity contribution < 1.29 is 14.3 Å². The highest BCUT2D eigenvalue weighted by atomic mass is 32.1. The maximum Gasteiger partial charge on any atom is 0.257 e. The Hall–Kier alpha value is -2.77. The molecular formula is C21H25N3O3S. The van der Waals surface area contributed by atoms with Gasteiger partial charge < -0.3 is 15.4 Å². The summed E-state index contributed by atoms with van der Waals surface area (Å²) in [6.07, 6.45) is 0. The van der Waals surface area contributed by atoms with Gasteiger partial charge in [-0.05, 0) is 54.0 Å². The van der Waals surface area contributed by atoms with Gasteiger partial charge in [-0.15, -0.1) is 0 Å². The lowest BCUT2D eigenvalue weighted by molar-refractivity contribution is 0.0935. The first-order valence-electron chi connectivity index (χ1n) is 9.00. The van der Waals surface area contributed by atoms with Crippen LogP contribution in [0.5, 0.6) is 0 Å². The van der Waals surface area contributed by atoms with E-state index in [9.17, 15) is 9.59 Å². The number of amides is 2. The average Bonchev–Trinajstić information content (AvgIpc) is 2.68. The van der Waals surface area contributed by atoms with Gasteiger partial charge in [0, 0.05) is 30.5 Å². The summed E-state index contributed by atoms with van der Waals surface area (Å²) in [5.74, 6) is -0.0963. The molecule has 0 aliphatic carbocycles. The van der Waals surface area contributed by atoms with Crippen LogP contribution in [0.1, 0.15) is 46.0 Å². The fraction of sp³-hybridized carbons (Fsp3) is 0.286. The Bertz CT molecular complexity index is 835. The summed E-state index contributed by atoms with van der Waals surface area (Å²) >= 11 is 5.21. The number of carbonyl (C=O) groups is 2. The normalized spacial score (nSPS) is 10.4. The number of benzene rings is 2. The second-order valence-corrected chi connectivity index (χ2v) is 6.92. The molecule has 2 amide bonds. The molecule has 28 heavy (non-hydrogen) atoms. The van der Waals surface area contributed by atoms with Gasteiger partial charge in [0.25, 0.3) is 11.8 Å². The zero-order valence-corrected chi connectivity index (χ0v) is 17.1. The van der Waals surface area contributed by atoms with Gasteiger partial charge in [0.2, 0.25) is 0 Å². The number of thiocarbonyl (C=S) groups is 1. The second kappa shape index (κ2) is 10.5. The fourth-order valence-electron chi connectivity index (χ4n) is 2.46. The summed E-state index contributed by atoms with van der Waals surface area (Å²) in [6.45, 7) is 5.06. The number of ether oxygens (including phenoxy) is 1. The smallest absolute Gasteiger partial charge is 0.257 e. The minimum Gasteiger partial charge on any atom is -0.383 e. The minimum atomic E-state index is -0.290. The lowest BCUT2D eigenvalue weighted by Gasteiger charge is -2.11. The van der Waals surface area contributed by atoms with E-state index >= 15 is 0 Å². The van der Waals surface area contributed by atoms with E-state index in [1.807, 2.05) is 12.1 Å². The molecule has 0 aliphatic rings. The van der Waals surface area contributed by atoms with E-state index in [4.69, 9.17) is 17.0 Å². The predicted octanol–water partition coefficient (Wildman–Crippen LogP) is 3.31. The van der Waals surface area contributed by atoms with E-state index in [0.717, 1.165) is 5.56 Å². The summed E-state index contributed by atoms with van der Waals surface area (Å²) in [5.41, 5.74) is 2.79. The molecule has 0 atom stereocenters. The molecule has 0 radical (unpaired) electrons. The van der Waals surface area contributed by atoms with E-state index in [1.54, 1.807) is 43.5 Å². The molecule has 2 aromatic carbocycles. The number of hydrogen-bond acceptors (Lipinski definition) is 4. The molecule has 0 saturated heterocycles. The largest absolute Gasteiger partial charge is 0.383 e. The van der Waals surface area contributed by atoms with Crippen molar-refractivity contribution in [3.05, 3.63) is 65.2 Å². The molecule has 0 bridgehead atoms. The van der Waals surface area contributed by atoms with Gasteiger partial charge >= 0.3 is 0 Å². The third-order valence-corrected chi connectivity index (χ3v) is 4.25. The van der Waals surface area contributed by atoms with Crippen LogP contribution in [0.15, 0.2) is 48.5 Å². The van der Waals surface area contributed by atoms with E-state index < -0.39 is 0 Å². The Kier molecular flexibility index (Phi) is 8.10. The maximum atomic E-state index is 12.3. The summed E-state index contributed by atoms with van der Waals surface area (Å²) in [7, 11) is 1.57. The molecule has 3 N–H and O–H groups in total. The van der Waals surface area contributed by atoms with Crippen molar-refractivity contribution in [2.75, 3.05) is 25.6 Å². The molecule has 0 aliphatic heterocycles. The van der Waals surface area contributed by atoms with E-state index in [1.165, 1.54) is 0 Å². The number of carbonyl (C=O) groups excluding carboxylic acids is 2. The van der Waals surface area contributed by atoms with Crippen LogP contribution in [0.4, 0.5) is 5.69 Å². The average molecular weight is 400 g/mol. The maximum absolute atomic E-state index is 12.3. The SMILES string of the molecule is COCCNC(=O)c1cccc(NC(=S)NC(=O)c2ccc(C(C)C)cc2)c1. The van der Waals surface area contributed by atoms with Gasteiger partial charge in [0.05, 0.1) is 6.61 Å². The van der Waals surface area contributed by atoms with E-state index in [-0.39, 0.29) is 16.9 Å². The van der Waals surface area contributed by atoms with Crippen LogP contribution in [0, 0.1) is 0 Å². The quantitative estimate of drug-likeness (QED) is 0.492. The third kappa shape index (κ3) is 6.44. The van der Waals surface area contributed by atoms with Crippen molar-refractivity contribution in [3.63, 3.8) is 0 Å². The number of rotatable bonds is 7. The summed E-state index contributed by atoms with van der Waals surface area (Å²) < 4.78 is 4.91. The van der Waals surface area contributed by atoms with Crippen molar-refractivity contribution in [1.29, 1.82) is 0 Å². The van der Waals surface area contributed by atoms with Crippen LogP contribution in [-0.4, -0.2) is 37.2 Å². The molecule has 6 nitrogen and oxygen atoms in total. The second-order valence-electron chi connectivity index (χ2n) is 6.51. The lowest BCUT2D eigenvalue weighted by Crippen LogP contribution is -2.34. The highest BCUT2D eigenvalue weighted by Crippen LogP contribution is 2.15. The Morgan fingerprint density at radius 2 is 1.75 bits per heavy atom. The van der Waals surface area contributed by atoms with Crippen LogP contribution in [0.3, 0.4) is 0 Å². The van der Waals surface area contributed by atoms with Gasteiger partial charge in [0.15, 0.2) is 5.11 Å². The first-order valence-corrected chi connectivity index (χ1v) is 9.41. The fourth-order valence-corrected chi connectivity index (χ4v) is 2.67. The molecule has 148 valence electrons. The molecular weight excluding hydrogens is 374 g/mol. The molecule has 7 heteroatoms. The lowest BCUT2D eigenvalue weighted by atomic mass is 10.0.